The number of nitrogens with one attached hydrogen (secondary N) is 2. The molecule has 3 heteroatoms. The molecule has 1 aromatic carbocycles. The molecular formula is C17H26N2O. The van der Waals surface area contributed by atoms with Crippen LogP contribution in [0.25, 0.3) is 0 Å². The first-order valence-electron chi connectivity index (χ1n) is 7.60. The first-order valence-corrected chi connectivity index (χ1v) is 7.60. The minimum atomic E-state index is 0.191. The highest BCUT2D eigenvalue weighted by molar-refractivity contribution is 5.40. The Morgan fingerprint density at radius 2 is 2.20 bits per heavy atom. The molecule has 1 unspecified atom stereocenters. The van der Waals surface area contributed by atoms with Gasteiger partial charge in [-0.05, 0) is 56.0 Å². The molecule has 0 amide bonds. The van der Waals surface area contributed by atoms with Gasteiger partial charge in [-0.25, -0.2) is 0 Å². The number of likely N-dealkylation sites (N-methyl/N-ethyl adjacent to an activating group) is 1. The van der Waals surface area contributed by atoms with Crippen molar-refractivity contribution in [1.82, 2.24) is 10.6 Å². The van der Waals surface area contributed by atoms with Crippen molar-refractivity contribution in [3.63, 3.8) is 0 Å². The minimum absolute atomic E-state index is 0.191. The van der Waals surface area contributed by atoms with Gasteiger partial charge in [0.25, 0.3) is 0 Å². The van der Waals surface area contributed by atoms with Gasteiger partial charge in [0.05, 0.1) is 6.04 Å². The molecule has 3 N–H and O–H groups in total. The molecule has 0 radical (unpaired) electrons. The first-order chi connectivity index (χ1) is 9.67. The Hall–Kier alpha value is -1.48. The van der Waals surface area contributed by atoms with E-state index in [0.717, 1.165) is 36.9 Å². The number of hydrogen-bond donors (Lipinski definition) is 3. The molecule has 1 aliphatic heterocycles. The van der Waals surface area contributed by atoms with Crippen molar-refractivity contribution in [2.24, 2.45) is 0 Å². The summed E-state index contributed by atoms with van der Waals surface area (Å²) >= 11 is 0. The van der Waals surface area contributed by atoms with Crippen molar-refractivity contribution in [2.45, 2.75) is 45.6 Å². The van der Waals surface area contributed by atoms with Gasteiger partial charge in [0, 0.05) is 12.2 Å². The smallest absolute Gasteiger partial charge is 0.118 e. The fourth-order valence-electron chi connectivity index (χ4n) is 2.95. The van der Waals surface area contributed by atoms with Crippen LogP contribution in [0.5, 0.6) is 5.75 Å². The summed E-state index contributed by atoms with van der Waals surface area (Å²) in [6.07, 6.45) is 4.56. The predicted octanol–water partition coefficient (Wildman–Crippen LogP) is 3.40. The van der Waals surface area contributed by atoms with Crippen molar-refractivity contribution in [2.75, 3.05) is 13.6 Å². The number of rotatable bonds is 5. The van der Waals surface area contributed by atoms with Gasteiger partial charge in [0.15, 0.2) is 0 Å². The van der Waals surface area contributed by atoms with Gasteiger partial charge in [-0.1, -0.05) is 25.5 Å². The molecule has 3 nitrogen and oxygen atoms in total. The molecule has 0 saturated carbocycles. The average Bonchev–Trinajstić information content (AvgIpc) is 2.45. The molecule has 0 aromatic heterocycles. The summed E-state index contributed by atoms with van der Waals surface area (Å²) in [5.74, 6) is 0.379. The summed E-state index contributed by atoms with van der Waals surface area (Å²) in [4.78, 5) is 0. The van der Waals surface area contributed by atoms with Crippen LogP contribution in [0.15, 0.2) is 29.5 Å². The molecular weight excluding hydrogens is 248 g/mol. The Bertz CT molecular complexity index is 494. The van der Waals surface area contributed by atoms with Crippen LogP contribution in [0, 0.1) is 6.92 Å². The number of allylic oxidation sites excluding steroid dienone is 1. The van der Waals surface area contributed by atoms with Crippen molar-refractivity contribution in [3.05, 3.63) is 40.6 Å². The molecule has 1 aliphatic rings. The van der Waals surface area contributed by atoms with E-state index in [1.165, 1.54) is 17.7 Å². The zero-order valence-electron chi connectivity index (χ0n) is 12.8. The van der Waals surface area contributed by atoms with Gasteiger partial charge in [0.1, 0.15) is 5.75 Å². The predicted molar refractivity (Wildman–Crippen MR) is 83.8 cm³/mol. The molecule has 0 bridgehead atoms. The van der Waals surface area contributed by atoms with Gasteiger partial charge < -0.3 is 15.7 Å². The molecule has 0 aliphatic carbocycles. The first kappa shape index (κ1) is 14.9. The lowest BCUT2D eigenvalue weighted by molar-refractivity contribution is 0.468. The molecule has 1 aromatic rings. The van der Waals surface area contributed by atoms with E-state index in [1.807, 2.05) is 26.1 Å². The summed E-state index contributed by atoms with van der Waals surface area (Å²) in [6, 6.07) is 6.19. The van der Waals surface area contributed by atoms with E-state index in [4.69, 9.17) is 0 Å². The number of aryl methyl sites for hydroxylation is 1. The second kappa shape index (κ2) is 6.80. The van der Waals surface area contributed by atoms with Gasteiger partial charge in [-0.3, -0.25) is 0 Å². The van der Waals surface area contributed by atoms with E-state index in [2.05, 4.69) is 23.6 Å². The third kappa shape index (κ3) is 3.15. The van der Waals surface area contributed by atoms with Crippen LogP contribution in [-0.4, -0.2) is 18.7 Å². The highest BCUT2D eigenvalue weighted by atomic mass is 16.3. The number of hydrogen-bond acceptors (Lipinski definition) is 3. The largest absolute Gasteiger partial charge is 0.508 e. The number of aromatic hydroxyl groups is 1. The molecule has 1 atom stereocenters. The van der Waals surface area contributed by atoms with Crippen LogP contribution >= 0.6 is 0 Å². The van der Waals surface area contributed by atoms with Gasteiger partial charge in [-0.2, -0.15) is 0 Å². The van der Waals surface area contributed by atoms with E-state index in [0.29, 0.717) is 5.75 Å². The van der Waals surface area contributed by atoms with Crippen LogP contribution in [-0.2, 0) is 0 Å². The second-order valence-electron chi connectivity index (χ2n) is 5.55. The zero-order chi connectivity index (χ0) is 14.5. The van der Waals surface area contributed by atoms with Crippen LogP contribution in [0.1, 0.15) is 49.8 Å². The summed E-state index contributed by atoms with van der Waals surface area (Å²) in [5, 5.41) is 16.9. The molecule has 1 heterocycles. The number of phenols is 1. The average molecular weight is 274 g/mol. The quantitative estimate of drug-likeness (QED) is 0.771. The number of phenolic OH excluding ortho intramolecular Hbond substituents is 1. The van der Waals surface area contributed by atoms with Gasteiger partial charge in [0.2, 0.25) is 0 Å². The molecule has 0 saturated heterocycles. The molecule has 20 heavy (non-hydrogen) atoms. The van der Waals surface area contributed by atoms with Crippen molar-refractivity contribution in [3.8, 4) is 5.75 Å². The van der Waals surface area contributed by atoms with Gasteiger partial charge in [-0.15, -0.1) is 0 Å². The second-order valence-corrected chi connectivity index (χ2v) is 5.55. The Morgan fingerprint density at radius 3 is 2.85 bits per heavy atom. The fraction of sp³-hybridized carbons (Fsp3) is 0.529. The molecule has 110 valence electrons. The van der Waals surface area contributed by atoms with Crippen molar-refractivity contribution >= 4 is 0 Å². The SMILES string of the molecule is CCCC1=C(C(NC)c2ccc(C)c(O)c2)CCCN1. The third-order valence-electron chi connectivity index (χ3n) is 4.05. The maximum absolute atomic E-state index is 9.95. The molecule has 2 rings (SSSR count). The monoisotopic (exact) mass is 274 g/mol. The number of benzene rings is 1. The topological polar surface area (TPSA) is 44.3 Å². The standard InChI is InChI=1S/C17H26N2O/c1-4-6-15-14(7-5-10-19-15)17(18-3)13-9-8-12(2)16(20)11-13/h8-9,11,17-20H,4-7,10H2,1-3H3. The van der Waals surface area contributed by atoms with E-state index in [9.17, 15) is 5.11 Å². The van der Waals surface area contributed by atoms with Crippen LogP contribution in [0.4, 0.5) is 0 Å². The summed E-state index contributed by atoms with van der Waals surface area (Å²) < 4.78 is 0. The minimum Gasteiger partial charge on any atom is -0.508 e. The Kier molecular flexibility index (Phi) is 5.07. The highest BCUT2D eigenvalue weighted by Gasteiger charge is 2.21. The van der Waals surface area contributed by atoms with E-state index in [1.54, 1.807) is 0 Å². The lowest BCUT2D eigenvalue weighted by Gasteiger charge is -2.29. The van der Waals surface area contributed by atoms with Crippen LogP contribution in [0.3, 0.4) is 0 Å². The van der Waals surface area contributed by atoms with E-state index < -0.39 is 0 Å². The zero-order valence-corrected chi connectivity index (χ0v) is 12.8. The van der Waals surface area contributed by atoms with E-state index >= 15 is 0 Å². The Morgan fingerprint density at radius 1 is 1.40 bits per heavy atom. The van der Waals surface area contributed by atoms with Gasteiger partial charge >= 0.3 is 0 Å². The summed E-state index contributed by atoms with van der Waals surface area (Å²) in [6.45, 7) is 5.22. The maximum atomic E-state index is 9.95. The maximum Gasteiger partial charge on any atom is 0.118 e. The van der Waals surface area contributed by atoms with E-state index in [-0.39, 0.29) is 6.04 Å². The summed E-state index contributed by atoms with van der Waals surface area (Å²) in [5.41, 5.74) is 4.90. The van der Waals surface area contributed by atoms with Crippen molar-refractivity contribution in [1.29, 1.82) is 0 Å². The Balaban J connectivity index is 2.36. The normalized spacial score (nSPS) is 16.9. The fourth-order valence-corrected chi connectivity index (χ4v) is 2.95. The Labute approximate surface area is 122 Å². The van der Waals surface area contributed by atoms with Crippen LogP contribution in [0.2, 0.25) is 0 Å². The third-order valence-corrected chi connectivity index (χ3v) is 4.05. The molecule has 0 fully saturated rings. The highest BCUT2D eigenvalue weighted by Crippen LogP contribution is 2.32. The van der Waals surface area contributed by atoms with Crippen LogP contribution < -0.4 is 10.6 Å². The van der Waals surface area contributed by atoms with Crippen molar-refractivity contribution < 1.29 is 5.11 Å². The lowest BCUT2D eigenvalue weighted by atomic mass is 9.89. The lowest BCUT2D eigenvalue weighted by Crippen LogP contribution is -2.28. The summed E-state index contributed by atoms with van der Waals surface area (Å²) in [7, 11) is 1.99. The molecule has 0 spiro atoms.